The van der Waals surface area contributed by atoms with Crippen LogP contribution in [0.15, 0.2) is 104 Å². The van der Waals surface area contributed by atoms with E-state index in [-0.39, 0.29) is 23.9 Å². The average Bonchev–Trinajstić information content (AvgIpc) is 3.95. The Bertz CT molecular complexity index is 1900. The summed E-state index contributed by atoms with van der Waals surface area (Å²) < 4.78 is 40.5. The van der Waals surface area contributed by atoms with Crippen LogP contribution in [0.25, 0.3) is 11.2 Å². The van der Waals surface area contributed by atoms with Gasteiger partial charge in [-0.1, -0.05) is 103 Å². The van der Waals surface area contributed by atoms with E-state index in [0.29, 0.717) is 23.1 Å². The summed E-state index contributed by atoms with van der Waals surface area (Å²) >= 11 is 0. The average molecular weight is 711 g/mol. The van der Waals surface area contributed by atoms with Gasteiger partial charge in [-0.2, -0.15) is 0 Å². The van der Waals surface area contributed by atoms with E-state index in [1.807, 2.05) is 13.0 Å². The minimum Gasteiger partial charge on any atom is -0.349 e. The van der Waals surface area contributed by atoms with E-state index < -0.39 is 41.2 Å². The smallest absolute Gasteiger partial charge is 0.259 e. The van der Waals surface area contributed by atoms with E-state index in [1.165, 1.54) is 23.0 Å². The lowest BCUT2D eigenvalue weighted by molar-refractivity contribution is -0.0224. The molecule has 50 heavy (non-hydrogen) atoms. The molecule has 3 aliphatic heterocycles. The van der Waals surface area contributed by atoms with Gasteiger partial charge in [-0.15, -0.1) is 0 Å². The Morgan fingerprint density at radius 1 is 0.980 bits per heavy atom. The molecule has 1 amide bonds. The van der Waals surface area contributed by atoms with E-state index in [4.69, 9.17) is 13.8 Å². The van der Waals surface area contributed by atoms with Crippen LogP contribution in [0.4, 0.5) is 10.2 Å². The van der Waals surface area contributed by atoms with Crippen LogP contribution in [-0.2, 0) is 13.8 Å². The van der Waals surface area contributed by atoms with E-state index in [0.717, 1.165) is 25.4 Å². The van der Waals surface area contributed by atoms with Crippen LogP contribution < -0.4 is 15.7 Å². The number of fused-ring (bicyclic) bond motifs is 2. The maximum Gasteiger partial charge on any atom is 0.259 e. The Balaban J connectivity index is 1.02. The lowest BCUT2D eigenvalue weighted by atomic mass is 10.1. The predicted octanol–water partition coefficient (Wildman–Crippen LogP) is 6.09. The number of amides is 1. The summed E-state index contributed by atoms with van der Waals surface area (Å²) in [4.78, 5) is 26.0. The highest BCUT2D eigenvalue weighted by Crippen LogP contribution is 2.59. The second-order valence-electron chi connectivity index (χ2n) is 13.4. The van der Waals surface area contributed by atoms with Crippen molar-refractivity contribution in [3.8, 4) is 0 Å². The number of alkyl halides is 1. The van der Waals surface area contributed by atoms with Crippen LogP contribution in [0, 0.1) is 0 Å². The fourth-order valence-corrected chi connectivity index (χ4v) is 13.6. The summed E-state index contributed by atoms with van der Waals surface area (Å²) in [5.41, 5.74) is 1.19. The Morgan fingerprint density at radius 2 is 1.66 bits per heavy atom. The molecule has 10 nitrogen and oxygen atoms in total. The highest BCUT2D eigenvalue weighted by Gasteiger charge is 2.54. The number of aromatic nitrogens is 4. The Morgan fingerprint density at radius 3 is 2.34 bits per heavy atom. The van der Waals surface area contributed by atoms with Crippen LogP contribution in [-0.4, -0.2) is 75.2 Å². The number of ether oxygens (including phenoxy) is 1. The van der Waals surface area contributed by atoms with E-state index in [9.17, 15) is 4.79 Å². The van der Waals surface area contributed by atoms with Gasteiger partial charge in [0.05, 0.1) is 18.5 Å². The Kier molecular flexibility index (Phi) is 9.32. The fourth-order valence-electron chi connectivity index (χ4n) is 7.66. The van der Waals surface area contributed by atoms with Crippen LogP contribution in [0.2, 0.25) is 12.6 Å². The van der Waals surface area contributed by atoms with Gasteiger partial charge >= 0.3 is 0 Å². The second-order valence-corrected chi connectivity index (χ2v) is 19.0. The number of hydrogen-bond donors (Lipinski definition) is 1. The number of nitrogens with one attached hydrogen (secondary N) is 1. The van der Waals surface area contributed by atoms with E-state index in [1.54, 1.807) is 28.8 Å². The zero-order valence-corrected chi connectivity index (χ0v) is 29.9. The lowest BCUT2D eigenvalue weighted by Gasteiger charge is -2.32. The number of rotatable bonds is 10. The topological polar surface area (TPSA) is 104 Å². The number of hydrogen-bond acceptors (Lipinski definition) is 8. The summed E-state index contributed by atoms with van der Waals surface area (Å²) in [6.07, 6.45) is 1.61. The molecule has 8 rings (SSSR count). The number of nitrogens with zero attached hydrogens (tertiary/aromatic N) is 5. The van der Waals surface area contributed by atoms with Crippen molar-refractivity contribution in [2.75, 3.05) is 11.9 Å². The second kappa shape index (κ2) is 14.0. The summed E-state index contributed by atoms with van der Waals surface area (Å²) in [5.74, 6) is -0.0839. The van der Waals surface area contributed by atoms with Gasteiger partial charge in [0.1, 0.15) is 20.5 Å². The van der Waals surface area contributed by atoms with E-state index >= 15 is 4.39 Å². The molecule has 0 spiro atoms. The van der Waals surface area contributed by atoms with Gasteiger partial charge in [-0.05, 0) is 37.4 Å². The van der Waals surface area contributed by atoms with Crippen molar-refractivity contribution in [1.29, 1.82) is 0 Å². The van der Waals surface area contributed by atoms with Gasteiger partial charge in [-0.25, -0.2) is 24.0 Å². The number of benzene rings is 3. The minimum absolute atomic E-state index is 0.0178. The molecule has 0 saturated carbocycles. The normalized spacial score (nSPS) is 26.7. The molecular weight excluding hydrogens is 671 g/mol. The maximum atomic E-state index is 16.7. The SMILES string of the molecule is CC[C@H]1O[C@@H](n2cnc3c(NC(=O)c4ccccc4)ncnc32)[C@@H](F)C1O[P@@]1O[C@H](C[Si](C)(c2ccccc2)c2ccccc2)[C@@H]2CCCN21. The molecule has 0 radical (unpaired) electrons. The van der Waals surface area contributed by atoms with Crippen molar-refractivity contribution in [3.63, 3.8) is 0 Å². The molecule has 5 aromatic rings. The summed E-state index contributed by atoms with van der Waals surface area (Å²) in [6.45, 7) is 5.27. The standard InChI is InChI=1S/C37H40FN6O4PSi/c1-3-29-33(31(38)37(46-29)43-24-41-32-34(39-23-40-35(32)43)42-36(45)25-14-7-4-8-15-25)48-49-44-21-13-20-28(44)30(47-49)22-50(2,26-16-9-5-10-17-26)27-18-11-6-12-19-27/h4-12,14-19,23-24,28-31,33,37H,3,13,20-22H2,1-2H3,(H,39,40,42,45)/t28-,29+,30+,31-,33?,37+,49+/m0/s1. The number of carbonyl (C=O) groups excluding carboxylic acids is 1. The first kappa shape index (κ1) is 33.3. The third-order valence-corrected chi connectivity index (χ3v) is 16.6. The zero-order chi connectivity index (χ0) is 34.2. The van der Waals surface area contributed by atoms with Gasteiger partial charge in [0.25, 0.3) is 14.4 Å². The van der Waals surface area contributed by atoms with Crippen LogP contribution >= 0.6 is 8.53 Å². The largest absolute Gasteiger partial charge is 0.349 e. The molecule has 0 aliphatic carbocycles. The van der Waals surface area contributed by atoms with Gasteiger partial charge in [0.2, 0.25) is 0 Å². The molecule has 1 unspecified atom stereocenters. The first-order valence-electron chi connectivity index (χ1n) is 17.3. The van der Waals surface area contributed by atoms with Crippen molar-refractivity contribution >= 4 is 49.9 Å². The van der Waals surface area contributed by atoms with Crippen molar-refractivity contribution in [2.24, 2.45) is 0 Å². The highest BCUT2D eigenvalue weighted by molar-refractivity contribution is 7.45. The van der Waals surface area contributed by atoms with Gasteiger partial charge < -0.3 is 19.1 Å². The molecule has 2 aromatic heterocycles. The molecule has 3 saturated heterocycles. The molecule has 3 aliphatic rings. The molecule has 5 heterocycles. The van der Waals surface area contributed by atoms with Crippen molar-refractivity contribution in [2.45, 2.75) is 75.5 Å². The number of imidazole rings is 1. The van der Waals surface area contributed by atoms with Crippen LogP contribution in [0.3, 0.4) is 0 Å². The fraction of sp³-hybridized carbons (Fsp3) is 0.351. The van der Waals surface area contributed by atoms with Crippen molar-refractivity contribution < 1.29 is 23.0 Å². The van der Waals surface area contributed by atoms with Crippen LogP contribution in [0.1, 0.15) is 42.8 Å². The van der Waals surface area contributed by atoms with Crippen LogP contribution in [0.5, 0.6) is 0 Å². The molecule has 0 bridgehead atoms. The molecule has 3 fully saturated rings. The quantitative estimate of drug-likeness (QED) is 0.137. The number of halogens is 1. The van der Waals surface area contributed by atoms with E-state index in [2.05, 4.69) is 92.1 Å². The van der Waals surface area contributed by atoms with Gasteiger partial charge in [0.15, 0.2) is 29.4 Å². The summed E-state index contributed by atoms with van der Waals surface area (Å²) in [7, 11) is -3.68. The molecular formula is C37H40FN6O4PSi. The zero-order valence-electron chi connectivity index (χ0n) is 28.0. The third-order valence-electron chi connectivity index (χ3n) is 10.3. The van der Waals surface area contributed by atoms with Crippen molar-refractivity contribution in [3.05, 3.63) is 109 Å². The molecule has 3 aromatic carbocycles. The number of carbonyl (C=O) groups is 1. The third kappa shape index (κ3) is 6.08. The molecule has 1 N–H and O–H groups in total. The molecule has 258 valence electrons. The summed E-state index contributed by atoms with van der Waals surface area (Å²) in [6, 6.07) is 31.6. The maximum absolute atomic E-state index is 16.7. The molecule has 7 atom stereocenters. The highest BCUT2D eigenvalue weighted by atomic mass is 31.2. The van der Waals surface area contributed by atoms with Gasteiger partial charge in [0, 0.05) is 18.2 Å². The first-order valence-corrected chi connectivity index (χ1v) is 21.1. The van der Waals surface area contributed by atoms with Crippen molar-refractivity contribution in [1.82, 2.24) is 24.2 Å². The minimum atomic E-state index is -2.19. The van der Waals surface area contributed by atoms with Gasteiger partial charge in [-0.3, -0.25) is 9.36 Å². The lowest BCUT2D eigenvalue weighted by Crippen LogP contribution is -2.58. The Hall–Kier alpha value is -3.90. The first-order chi connectivity index (χ1) is 24.4. The Labute approximate surface area is 293 Å². The molecule has 13 heteroatoms. The number of anilines is 1. The monoisotopic (exact) mass is 710 g/mol. The summed E-state index contributed by atoms with van der Waals surface area (Å²) in [5, 5.41) is 5.56. The predicted molar refractivity (Wildman–Crippen MR) is 194 cm³/mol.